The average Bonchev–Trinajstić information content (AvgIpc) is 2.89. The highest BCUT2D eigenvalue weighted by Crippen LogP contribution is 2.18. The zero-order chi connectivity index (χ0) is 18.0. The zero-order valence-corrected chi connectivity index (χ0v) is 15.0. The molecule has 0 amide bonds. The maximum atomic E-state index is 12.5. The molecule has 8 nitrogen and oxygen atoms in total. The fourth-order valence-electron chi connectivity index (χ4n) is 3.20. The molecular formula is C16H23N3O5S. The first kappa shape index (κ1) is 18.1. The molecule has 1 fully saturated rings. The van der Waals surface area contributed by atoms with Gasteiger partial charge < -0.3 is 14.4 Å². The Bertz CT molecular complexity index is 902. The third-order valence-corrected chi connectivity index (χ3v) is 6.11. The predicted molar refractivity (Wildman–Crippen MR) is 92.9 cm³/mol. The van der Waals surface area contributed by atoms with Crippen molar-refractivity contribution < 1.29 is 17.9 Å². The van der Waals surface area contributed by atoms with Gasteiger partial charge >= 0.3 is 5.76 Å². The van der Waals surface area contributed by atoms with Crippen LogP contribution in [0, 0.1) is 5.92 Å². The normalized spacial score (nSPS) is 19.5. The summed E-state index contributed by atoms with van der Waals surface area (Å²) in [6.45, 7) is 2.78. The van der Waals surface area contributed by atoms with Gasteiger partial charge in [0, 0.05) is 33.3 Å². The molecule has 0 radical (unpaired) electrons. The maximum absolute atomic E-state index is 12.5. The first-order valence-corrected chi connectivity index (χ1v) is 9.81. The minimum absolute atomic E-state index is 0.100. The fraction of sp³-hybridized carbons (Fsp3) is 0.562. The van der Waals surface area contributed by atoms with Gasteiger partial charge in [-0.1, -0.05) is 0 Å². The van der Waals surface area contributed by atoms with E-state index in [1.54, 1.807) is 0 Å². The zero-order valence-electron chi connectivity index (χ0n) is 14.1. The van der Waals surface area contributed by atoms with Crippen LogP contribution in [0.2, 0.25) is 0 Å². The molecule has 138 valence electrons. The molecule has 0 unspecified atom stereocenters. The van der Waals surface area contributed by atoms with Gasteiger partial charge in [0.2, 0.25) is 10.0 Å². The van der Waals surface area contributed by atoms with E-state index in [0.29, 0.717) is 24.2 Å². The smallest absolute Gasteiger partial charge is 0.408 e. The molecule has 1 aliphatic rings. The minimum atomic E-state index is -3.66. The highest BCUT2D eigenvalue weighted by atomic mass is 32.2. The van der Waals surface area contributed by atoms with Crippen LogP contribution < -0.4 is 10.5 Å². The summed E-state index contributed by atoms with van der Waals surface area (Å²) in [6, 6.07) is 4.35. The number of nitrogens with one attached hydrogen (secondary N) is 1. The van der Waals surface area contributed by atoms with Crippen molar-refractivity contribution in [3.63, 3.8) is 0 Å². The lowest BCUT2D eigenvalue weighted by Gasteiger charge is -2.31. The highest BCUT2D eigenvalue weighted by Gasteiger charge is 2.20. The van der Waals surface area contributed by atoms with Gasteiger partial charge in [-0.3, -0.25) is 4.57 Å². The summed E-state index contributed by atoms with van der Waals surface area (Å²) < 4.78 is 33.8. The number of aliphatic hydroxyl groups is 1. The highest BCUT2D eigenvalue weighted by molar-refractivity contribution is 7.89. The van der Waals surface area contributed by atoms with E-state index >= 15 is 0 Å². The van der Waals surface area contributed by atoms with E-state index in [1.807, 2.05) is 0 Å². The van der Waals surface area contributed by atoms with Crippen LogP contribution >= 0.6 is 0 Å². The van der Waals surface area contributed by atoms with Crippen molar-refractivity contribution in [1.29, 1.82) is 0 Å². The second kappa shape index (κ2) is 7.28. The van der Waals surface area contributed by atoms with E-state index < -0.39 is 15.8 Å². The van der Waals surface area contributed by atoms with Crippen molar-refractivity contribution in [1.82, 2.24) is 14.2 Å². The monoisotopic (exact) mass is 369 g/mol. The summed E-state index contributed by atoms with van der Waals surface area (Å²) in [7, 11) is -2.13. The van der Waals surface area contributed by atoms with Crippen molar-refractivity contribution in [2.75, 3.05) is 32.8 Å². The van der Waals surface area contributed by atoms with Crippen LogP contribution in [0.1, 0.15) is 12.8 Å². The molecule has 2 N–H and O–H groups in total. The standard InChI is InChI=1S/C16H23N3O5S/c1-18-14-9-13(4-5-15(14)24-16(18)21)25(22,23)17-6-8-19-7-2-3-12(10-19)11-20/h4-5,9,12,17,20H,2-3,6-8,10-11H2,1H3/t12-/m1/s1. The molecular weight excluding hydrogens is 346 g/mol. The van der Waals surface area contributed by atoms with Crippen LogP contribution in [0.25, 0.3) is 11.1 Å². The number of aryl methyl sites for hydroxylation is 1. The predicted octanol–water partition coefficient (Wildman–Crippen LogP) is 0.114. The Morgan fingerprint density at radius 3 is 2.96 bits per heavy atom. The Balaban J connectivity index is 1.65. The molecule has 9 heteroatoms. The number of benzene rings is 1. The van der Waals surface area contributed by atoms with E-state index in [4.69, 9.17) is 4.42 Å². The van der Waals surface area contributed by atoms with Crippen molar-refractivity contribution >= 4 is 21.1 Å². The Labute approximate surface area is 146 Å². The maximum Gasteiger partial charge on any atom is 0.419 e. The number of sulfonamides is 1. The van der Waals surface area contributed by atoms with Gasteiger partial charge in [-0.25, -0.2) is 17.9 Å². The Hall–Kier alpha value is -1.68. The topological polar surface area (TPSA) is 105 Å². The Morgan fingerprint density at radius 1 is 1.40 bits per heavy atom. The van der Waals surface area contributed by atoms with Gasteiger partial charge in [0.1, 0.15) is 0 Å². The second-order valence-corrected chi connectivity index (χ2v) is 8.21. The average molecular weight is 369 g/mol. The minimum Gasteiger partial charge on any atom is -0.408 e. The molecule has 3 rings (SSSR count). The molecule has 0 spiro atoms. The molecule has 1 saturated heterocycles. The second-order valence-electron chi connectivity index (χ2n) is 6.45. The molecule has 0 bridgehead atoms. The number of nitrogens with zero attached hydrogens (tertiary/aromatic N) is 2. The molecule has 2 aromatic rings. The molecule has 1 atom stereocenters. The summed E-state index contributed by atoms with van der Waals surface area (Å²) in [5, 5.41) is 9.25. The van der Waals surface area contributed by atoms with E-state index in [-0.39, 0.29) is 17.4 Å². The van der Waals surface area contributed by atoms with Gasteiger partial charge in [-0.15, -0.1) is 0 Å². The lowest BCUT2D eigenvalue weighted by Crippen LogP contribution is -2.41. The third-order valence-electron chi connectivity index (χ3n) is 4.65. The van der Waals surface area contributed by atoms with Gasteiger partial charge in [-0.2, -0.15) is 0 Å². The molecule has 0 aliphatic carbocycles. The summed E-state index contributed by atoms with van der Waals surface area (Å²) in [5.41, 5.74) is 0.796. The number of likely N-dealkylation sites (tertiary alicyclic amines) is 1. The Morgan fingerprint density at radius 2 is 2.20 bits per heavy atom. The van der Waals surface area contributed by atoms with Gasteiger partial charge in [-0.05, 0) is 43.5 Å². The lowest BCUT2D eigenvalue weighted by molar-refractivity contribution is 0.122. The molecule has 2 heterocycles. The number of hydrogen-bond donors (Lipinski definition) is 2. The van der Waals surface area contributed by atoms with Crippen LogP contribution in [0.15, 0.2) is 32.3 Å². The number of rotatable bonds is 6. The molecule has 1 aromatic heterocycles. The number of aliphatic hydroxyl groups excluding tert-OH is 1. The van der Waals surface area contributed by atoms with Crippen LogP contribution in [0.3, 0.4) is 0 Å². The molecule has 25 heavy (non-hydrogen) atoms. The molecule has 0 saturated carbocycles. The number of piperidine rings is 1. The first-order valence-electron chi connectivity index (χ1n) is 8.33. The summed E-state index contributed by atoms with van der Waals surface area (Å²) >= 11 is 0. The van der Waals surface area contributed by atoms with Crippen molar-refractivity contribution in [3.05, 3.63) is 28.7 Å². The van der Waals surface area contributed by atoms with Gasteiger partial charge in [0.05, 0.1) is 10.4 Å². The fourth-order valence-corrected chi connectivity index (χ4v) is 4.24. The van der Waals surface area contributed by atoms with E-state index in [2.05, 4.69) is 9.62 Å². The SMILES string of the molecule is Cn1c(=O)oc2ccc(S(=O)(=O)NCCN3CCC[C@@H](CO)C3)cc21. The van der Waals surface area contributed by atoms with Crippen LogP contribution in [-0.2, 0) is 17.1 Å². The van der Waals surface area contributed by atoms with Gasteiger partial charge in [0.25, 0.3) is 0 Å². The largest absolute Gasteiger partial charge is 0.419 e. The Kier molecular flexibility index (Phi) is 5.28. The number of aromatic nitrogens is 1. The van der Waals surface area contributed by atoms with Crippen LogP contribution in [0.4, 0.5) is 0 Å². The lowest BCUT2D eigenvalue weighted by atomic mass is 9.99. The van der Waals surface area contributed by atoms with Crippen LogP contribution in [0.5, 0.6) is 0 Å². The van der Waals surface area contributed by atoms with E-state index in [0.717, 1.165) is 25.9 Å². The third kappa shape index (κ3) is 3.95. The van der Waals surface area contributed by atoms with Crippen molar-refractivity contribution in [3.8, 4) is 0 Å². The van der Waals surface area contributed by atoms with Crippen molar-refractivity contribution in [2.45, 2.75) is 17.7 Å². The molecule has 1 aromatic carbocycles. The number of oxazole rings is 1. The van der Waals surface area contributed by atoms with E-state index in [1.165, 1.54) is 29.8 Å². The van der Waals surface area contributed by atoms with E-state index in [9.17, 15) is 18.3 Å². The summed E-state index contributed by atoms with van der Waals surface area (Å²) in [4.78, 5) is 13.8. The summed E-state index contributed by atoms with van der Waals surface area (Å²) in [6.07, 6.45) is 2.03. The van der Waals surface area contributed by atoms with Crippen LogP contribution in [-0.4, -0.2) is 55.8 Å². The number of hydrogen-bond acceptors (Lipinski definition) is 6. The molecule has 1 aliphatic heterocycles. The van der Waals surface area contributed by atoms with Gasteiger partial charge in [0.15, 0.2) is 5.58 Å². The summed E-state index contributed by atoms with van der Waals surface area (Å²) in [5.74, 6) is -0.254. The first-order chi connectivity index (χ1) is 11.9. The number of fused-ring (bicyclic) bond motifs is 1. The van der Waals surface area contributed by atoms with Crippen molar-refractivity contribution in [2.24, 2.45) is 13.0 Å². The quantitative estimate of drug-likeness (QED) is 0.749.